The fraction of sp³-hybridized carbons (Fsp3) is 0.556. The average molecular weight is 349 g/mol. The third kappa shape index (κ3) is 5.24. The molecule has 1 unspecified atom stereocenters. The summed E-state index contributed by atoms with van der Waals surface area (Å²) < 4.78 is 2.03. The van der Waals surface area contributed by atoms with Crippen LogP contribution in [-0.2, 0) is 10.5 Å². The van der Waals surface area contributed by atoms with Gasteiger partial charge in [0.05, 0.1) is 11.4 Å². The number of imidazole rings is 1. The fourth-order valence-electron chi connectivity index (χ4n) is 2.93. The molecule has 0 aliphatic rings. The molecule has 1 amide bonds. The van der Waals surface area contributed by atoms with E-state index in [1.165, 1.54) is 5.56 Å². The van der Waals surface area contributed by atoms with Crippen LogP contribution >= 0.6 is 11.8 Å². The first-order valence-corrected chi connectivity index (χ1v) is 9.50. The Labute approximate surface area is 148 Å². The molecule has 132 valence electrons. The highest BCUT2D eigenvalue weighted by molar-refractivity contribution is 7.99. The minimum Gasteiger partial charge on any atom is -0.349 e. The van der Waals surface area contributed by atoms with Gasteiger partial charge in [0.25, 0.3) is 0 Å². The Hall–Kier alpha value is -1.53. The number of hydrogen-bond donors (Lipinski definition) is 2. The van der Waals surface area contributed by atoms with E-state index in [2.05, 4.69) is 43.3 Å². The largest absolute Gasteiger partial charge is 0.349 e. The van der Waals surface area contributed by atoms with Crippen molar-refractivity contribution in [1.29, 1.82) is 0 Å². The summed E-state index contributed by atoms with van der Waals surface area (Å²) in [6.07, 6.45) is 4.96. The first-order chi connectivity index (χ1) is 11.3. The Bertz CT molecular complexity index is 697. The molecule has 6 heteroatoms. The van der Waals surface area contributed by atoms with Gasteiger partial charge in [-0.25, -0.2) is 4.98 Å². The number of rotatable bonds is 8. The van der Waals surface area contributed by atoms with Crippen molar-refractivity contribution in [3.8, 4) is 0 Å². The molecule has 1 atom stereocenters. The molecule has 0 radical (unpaired) electrons. The molecular weight excluding hydrogens is 320 g/mol. The summed E-state index contributed by atoms with van der Waals surface area (Å²) >= 11 is 1.58. The number of carbonyl (C=O) groups excluding carboxylic acids is 1. The van der Waals surface area contributed by atoms with Gasteiger partial charge in [0.1, 0.15) is 5.65 Å². The molecule has 0 aliphatic heterocycles. The van der Waals surface area contributed by atoms with E-state index in [1.807, 2.05) is 23.6 Å². The summed E-state index contributed by atoms with van der Waals surface area (Å²) in [7, 11) is 0. The van der Waals surface area contributed by atoms with Crippen molar-refractivity contribution in [2.45, 2.75) is 45.4 Å². The number of nitrogens with one attached hydrogen (secondary N) is 1. The van der Waals surface area contributed by atoms with E-state index in [1.54, 1.807) is 11.8 Å². The molecule has 0 bridgehead atoms. The molecule has 2 heterocycles. The molecule has 24 heavy (non-hydrogen) atoms. The maximum atomic E-state index is 12.2. The van der Waals surface area contributed by atoms with Gasteiger partial charge in [0, 0.05) is 30.2 Å². The number of amides is 1. The Morgan fingerprint density at radius 1 is 1.42 bits per heavy atom. The maximum absolute atomic E-state index is 12.2. The Morgan fingerprint density at radius 2 is 2.17 bits per heavy atom. The zero-order valence-electron chi connectivity index (χ0n) is 15.0. The Morgan fingerprint density at radius 3 is 2.83 bits per heavy atom. The van der Waals surface area contributed by atoms with E-state index in [0.717, 1.165) is 23.5 Å². The Kier molecular flexibility index (Phi) is 6.29. The van der Waals surface area contributed by atoms with Crippen molar-refractivity contribution in [3.63, 3.8) is 0 Å². The highest BCUT2D eigenvalue weighted by Gasteiger charge is 2.25. The van der Waals surface area contributed by atoms with Crippen molar-refractivity contribution >= 4 is 23.3 Å². The molecule has 0 spiro atoms. The smallest absolute Gasteiger partial charge is 0.230 e. The summed E-state index contributed by atoms with van der Waals surface area (Å²) in [5, 5.41) is 3.08. The lowest BCUT2D eigenvalue weighted by molar-refractivity contribution is -0.120. The molecule has 2 rings (SSSR count). The van der Waals surface area contributed by atoms with E-state index < -0.39 is 0 Å². The summed E-state index contributed by atoms with van der Waals surface area (Å²) in [5.74, 6) is 1.67. The van der Waals surface area contributed by atoms with Gasteiger partial charge in [-0.05, 0) is 37.8 Å². The lowest BCUT2D eigenvalue weighted by Gasteiger charge is -2.31. The molecule has 5 nitrogen and oxygen atoms in total. The van der Waals surface area contributed by atoms with Crippen LogP contribution in [0.2, 0.25) is 0 Å². The molecule has 0 saturated carbocycles. The second-order valence-corrected chi connectivity index (χ2v) is 8.09. The van der Waals surface area contributed by atoms with Crippen LogP contribution in [0.3, 0.4) is 0 Å². The highest BCUT2D eigenvalue weighted by atomic mass is 32.2. The minimum atomic E-state index is -0.327. The topological polar surface area (TPSA) is 72.4 Å². The third-order valence-electron chi connectivity index (χ3n) is 3.88. The van der Waals surface area contributed by atoms with Gasteiger partial charge in [0.15, 0.2) is 0 Å². The normalized spacial score (nSPS) is 14.1. The number of hydrogen-bond acceptors (Lipinski definition) is 4. The minimum absolute atomic E-state index is 0.0354. The third-order valence-corrected chi connectivity index (χ3v) is 4.85. The molecule has 0 fully saturated rings. The number of carbonyl (C=O) groups is 1. The van der Waals surface area contributed by atoms with Gasteiger partial charge >= 0.3 is 0 Å². The number of pyridine rings is 1. The van der Waals surface area contributed by atoms with E-state index in [4.69, 9.17) is 5.73 Å². The first-order valence-electron chi connectivity index (χ1n) is 8.34. The van der Waals surface area contributed by atoms with Gasteiger partial charge < -0.3 is 15.5 Å². The van der Waals surface area contributed by atoms with Crippen LogP contribution in [-0.4, -0.2) is 33.1 Å². The summed E-state index contributed by atoms with van der Waals surface area (Å²) in [4.78, 5) is 16.8. The second kappa shape index (κ2) is 8.03. The van der Waals surface area contributed by atoms with Crippen molar-refractivity contribution < 1.29 is 4.79 Å². The highest BCUT2D eigenvalue weighted by Crippen LogP contribution is 2.17. The monoisotopic (exact) mass is 348 g/mol. The van der Waals surface area contributed by atoms with Crippen molar-refractivity contribution in [3.05, 3.63) is 35.8 Å². The van der Waals surface area contributed by atoms with Gasteiger partial charge in [-0.15, -0.1) is 11.8 Å². The van der Waals surface area contributed by atoms with Crippen LogP contribution in [0.4, 0.5) is 0 Å². The summed E-state index contributed by atoms with van der Waals surface area (Å²) in [6, 6.07) is 4.06. The van der Waals surface area contributed by atoms with Crippen LogP contribution in [0.1, 0.15) is 38.4 Å². The summed E-state index contributed by atoms with van der Waals surface area (Å²) in [5.41, 5.74) is 8.64. The van der Waals surface area contributed by atoms with E-state index in [0.29, 0.717) is 18.2 Å². The van der Waals surface area contributed by atoms with E-state index in [9.17, 15) is 4.79 Å². The molecule has 2 aromatic heterocycles. The molecule has 3 N–H and O–H groups in total. The average Bonchev–Trinajstić information content (AvgIpc) is 2.88. The van der Waals surface area contributed by atoms with Gasteiger partial charge in [-0.3, -0.25) is 4.79 Å². The van der Waals surface area contributed by atoms with Crippen LogP contribution in [0.15, 0.2) is 24.5 Å². The number of nitrogens with two attached hydrogens (primary N) is 1. The molecule has 2 aromatic rings. The SMILES string of the molecule is Cc1ccc2nc(CSCC(=O)NC(C)(CN)CC(C)C)cn2c1. The maximum Gasteiger partial charge on any atom is 0.230 e. The lowest BCUT2D eigenvalue weighted by atomic mass is 9.91. The predicted molar refractivity (Wildman–Crippen MR) is 101 cm³/mol. The van der Waals surface area contributed by atoms with Crippen LogP contribution in [0.25, 0.3) is 5.65 Å². The van der Waals surface area contributed by atoms with Crippen molar-refractivity contribution in [2.75, 3.05) is 12.3 Å². The van der Waals surface area contributed by atoms with Gasteiger partial charge in [-0.1, -0.05) is 19.9 Å². The van der Waals surface area contributed by atoms with Gasteiger partial charge in [-0.2, -0.15) is 0 Å². The first kappa shape index (κ1) is 18.8. The van der Waals surface area contributed by atoms with Gasteiger partial charge in [0.2, 0.25) is 5.91 Å². The zero-order valence-corrected chi connectivity index (χ0v) is 15.8. The Balaban J connectivity index is 1.85. The van der Waals surface area contributed by atoms with Crippen molar-refractivity contribution in [1.82, 2.24) is 14.7 Å². The van der Waals surface area contributed by atoms with E-state index >= 15 is 0 Å². The van der Waals surface area contributed by atoms with Crippen LogP contribution < -0.4 is 11.1 Å². The molecule has 0 saturated heterocycles. The zero-order chi connectivity index (χ0) is 17.7. The van der Waals surface area contributed by atoms with Crippen LogP contribution in [0.5, 0.6) is 0 Å². The summed E-state index contributed by atoms with van der Waals surface area (Å²) in [6.45, 7) is 8.80. The van der Waals surface area contributed by atoms with E-state index in [-0.39, 0.29) is 11.4 Å². The standard InChI is InChI=1S/C18H28N4OS/c1-13(2)7-18(4,12-19)21-17(23)11-24-10-15-9-22-8-14(3)5-6-16(22)20-15/h5-6,8-9,13H,7,10-12,19H2,1-4H3,(H,21,23). The second-order valence-electron chi connectivity index (χ2n) is 7.11. The van der Waals surface area contributed by atoms with Crippen LogP contribution in [0, 0.1) is 12.8 Å². The molecular formula is C18H28N4OS. The number of nitrogens with zero attached hydrogens (tertiary/aromatic N) is 2. The quantitative estimate of drug-likeness (QED) is 0.769. The number of aromatic nitrogens is 2. The van der Waals surface area contributed by atoms with Crippen molar-refractivity contribution in [2.24, 2.45) is 11.7 Å². The number of aryl methyl sites for hydroxylation is 1. The predicted octanol–water partition coefficient (Wildman–Crippen LogP) is 2.76. The lowest BCUT2D eigenvalue weighted by Crippen LogP contribution is -2.52. The fourth-order valence-corrected chi connectivity index (χ4v) is 3.64. The number of thioether (sulfide) groups is 1. The molecule has 0 aliphatic carbocycles. The number of fused-ring (bicyclic) bond motifs is 1. The molecule has 0 aromatic carbocycles.